The van der Waals surface area contributed by atoms with Crippen molar-refractivity contribution in [3.8, 4) is 0 Å². The molecule has 1 aromatic heterocycles. The molecule has 0 radical (unpaired) electrons. The molecule has 0 saturated carbocycles. The molecule has 2 rings (SSSR count). The molecule has 0 spiro atoms. The predicted octanol–water partition coefficient (Wildman–Crippen LogP) is 1.84. The summed E-state index contributed by atoms with van der Waals surface area (Å²) < 4.78 is 1.77. The van der Waals surface area contributed by atoms with Crippen LogP contribution in [0.1, 0.15) is 5.56 Å². The molecule has 0 aliphatic carbocycles. The van der Waals surface area contributed by atoms with Crippen LogP contribution in [0.4, 0.5) is 5.69 Å². The van der Waals surface area contributed by atoms with E-state index in [0.29, 0.717) is 10.7 Å². The zero-order valence-electron chi connectivity index (χ0n) is 11.3. The fourth-order valence-corrected chi connectivity index (χ4v) is 2.00. The highest BCUT2D eigenvalue weighted by atomic mass is 35.5. The number of carbonyl (C=O) groups excluding carboxylic acids is 1. The summed E-state index contributed by atoms with van der Waals surface area (Å²) in [5, 5.41) is 10.6. The Hall–Kier alpha value is -1.85. The number of benzene rings is 1. The predicted molar refractivity (Wildman–Crippen MR) is 79.9 cm³/mol. The summed E-state index contributed by atoms with van der Waals surface area (Å²) >= 11 is 5.85. The van der Waals surface area contributed by atoms with Crippen molar-refractivity contribution >= 4 is 23.2 Å². The van der Waals surface area contributed by atoms with Gasteiger partial charge in [0, 0.05) is 24.0 Å². The maximum absolute atomic E-state index is 11.7. The number of hydrogen-bond acceptors (Lipinski definition) is 3. The van der Waals surface area contributed by atoms with E-state index in [4.69, 9.17) is 11.6 Å². The van der Waals surface area contributed by atoms with Crippen LogP contribution in [0.5, 0.6) is 0 Å². The number of aromatic nitrogens is 2. The largest absolute Gasteiger partial charge is 0.325 e. The molecule has 2 N–H and O–H groups in total. The second-order valence-corrected chi connectivity index (χ2v) is 4.94. The van der Waals surface area contributed by atoms with Crippen molar-refractivity contribution in [2.45, 2.75) is 6.42 Å². The third-order valence-electron chi connectivity index (χ3n) is 2.74. The van der Waals surface area contributed by atoms with Gasteiger partial charge in [-0.1, -0.05) is 17.7 Å². The molecule has 6 heteroatoms. The standard InChI is InChI=1S/C14H17ClN4O/c1-19-10-11(8-17-19)5-6-16-9-14(20)18-13-4-2-3-12(15)7-13/h2-4,7-8,10,16H,5-6,9H2,1H3,(H,18,20). The van der Waals surface area contributed by atoms with Gasteiger partial charge < -0.3 is 10.6 Å². The van der Waals surface area contributed by atoms with Gasteiger partial charge in [0.1, 0.15) is 0 Å². The number of amides is 1. The van der Waals surface area contributed by atoms with Gasteiger partial charge in [0.25, 0.3) is 0 Å². The number of aryl methyl sites for hydroxylation is 1. The number of nitrogens with one attached hydrogen (secondary N) is 2. The Kier molecular flexibility index (Phi) is 5.15. The molecule has 0 unspecified atom stereocenters. The van der Waals surface area contributed by atoms with Gasteiger partial charge in [0.15, 0.2) is 0 Å². The SMILES string of the molecule is Cn1cc(CCNCC(=O)Nc2cccc(Cl)c2)cn1. The van der Waals surface area contributed by atoms with E-state index in [0.717, 1.165) is 18.5 Å². The van der Waals surface area contributed by atoms with Crippen LogP contribution in [-0.2, 0) is 18.3 Å². The molecule has 1 amide bonds. The van der Waals surface area contributed by atoms with Crippen molar-refractivity contribution in [2.75, 3.05) is 18.4 Å². The first kappa shape index (κ1) is 14.6. The molecule has 1 aromatic carbocycles. The average molecular weight is 293 g/mol. The van der Waals surface area contributed by atoms with Crippen molar-refractivity contribution in [3.63, 3.8) is 0 Å². The minimum absolute atomic E-state index is 0.0848. The topological polar surface area (TPSA) is 59.0 Å². The lowest BCUT2D eigenvalue weighted by molar-refractivity contribution is -0.115. The summed E-state index contributed by atoms with van der Waals surface area (Å²) in [5.41, 5.74) is 1.85. The van der Waals surface area contributed by atoms with Gasteiger partial charge in [-0.3, -0.25) is 9.48 Å². The van der Waals surface area contributed by atoms with E-state index in [-0.39, 0.29) is 12.5 Å². The molecule has 2 aromatic rings. The monoisotopic (exact) mass is 292 g/mol. The van der Waals surface area contributed by atoms with Crippen LogP contribution in [0.2, 0.25) is 5.02 Å². The van der Waals surface area contributed by atoms with E-state index in [9.17, 15) is 4.79 Å². The fraction of sp³-hybridized carbons (Fsp3) is 0.286. The lowest BCUT2D eigenvalue weighted by atomic mass is 10.2. The molecule has 0 aliphatic heterocycles. The molecular formula is C14H17ClN4O. The van der Waals surface area contributed by atoms with Gasteiger partial charge in [0.05, 0.1) is 12.7 Å². The zero-order valence-corrected chi connectivity index (χ0v) is 12.0. The Balaban J connectivity index is 1.67. The molecule has 0 bridgehead atoms. The Morgan fingerprint density at radius 3 is 3.00 bits per heavy atom. The van der Waals surface area contributed by atoms with E-state index >= 15 is 0 Å². The first-order valence-corrected chi connectivity index (χ1v) is 6.75. The van der Waals surface area contributed by atoms with Gasteiger partial charge >= 0.3 is 0 Å². The normalized spacial score (nSPS) is 10.5. The molecule has 106 valence electrons. The van der Waals surface area contributed by atoms with Crippen LogP contribution in [-0.4, -0.2) is 28.8 Å². The minimum atomic E-state index is -0.0848. The summed E-state index contributed by atoms with van der Waals surface area (Å²) in [7, 11) is 1.88. The summed E-state index contributed by atoms with van der Waals surface area (Å²) in [6.45, 7) is 1.00. The number of halogens is 1. The first-order chi connectivity index (χ1) is 9.63. The Labute approximate surface area is 122 Å². The molecule has 20 heavy (non-hydrogen) atoms. The van der Waals surface area contributed by atoms with Crippen LogP contribution in [0, 0.1) is 0 Å². The minimum Gasteiger partial charge on any atom is -0.325 e. The molecule has 0 atom stereocenters. The number of anilines is 1. The Bertz CT molecular complexity index is 582. The number of hydrogen-bond donors (Lipinski definition) is 2. The maximum atomic E-state index is 11.7. The van der Waals surface area contributed by atoms with E-state index in [1.54, 1.807) is 28.9 Å². The zero-order chi connectivity index (χ0) is 14.4. The van der Waals surface area contributed by atoms with Gasteiger partial charge in [-0.25, -0.2) is 0 Å². The first-order valence-electron chi connectivity index (χ1n) is 6.37. The molecular weight excluding hydrogens is 276 g/mol. The number of nitrogens with zero attached hydrogens (tertiary/aromatic N) is 2. The van der Waals surface area contributed by atoms with Crippen molar-refractivity contribution < 1.29 is 4.79 Å². The van der Waals surface area contributed by atoms with Gasteiger partial charge in [-0.15, -0.1) is 0 Å². The van der Waals surface area contributed by atoms with Crippen molar-refractivity contribution in [1.82, 2.24) is 15.1 Å². The van der Waals surface area contributed by atoms with Crippen LogP contribution < -0.4 is 10.6 Å². The van der Waals surface area contributed by atoms with Gasteiger partial charge in [0.2, 0.25) is 5.91 Å². The summed E-state index contributed by atoms with van der Waals surface area (Å²) in [4.78, 5) is 11.7. The molecule has 0 aliphatic rings. The van der Waals surface area contributed by atoms with Crippen molar-refractivity contribution in [2.24, 2.45) is 7.05 Å². The average Bonchev–Trinajstić information content (AvgIpc) is 2.80. The summed E-state index contributed by atoms with van der Waals surface area (Å²) in [6, 6.07) is 7.09. The van der Waals surface area contributed by atoms with Crippen LogP contribution in [0.25, 0.3) is 0 Å². The molecule has 5 nitrogen and oxygen atoms in total. The highest BCUT2D eigenvalue weighted by Gasteiger charge is 2.02. The molecule has 0 fully saturated rings. The Morgan fingerprint density at radius 2 is 2.30 bits per heavy atom. The number of carbonyl (C=O) groups is 1. The Morgan fingerprint density at radius 1 is 1.45 bits per heavy atom. The summed E-state index contributed by atoms with van der Waals surface area (Å²) in [6.07, 6.45) is 4.64. The van der Waals surface area contributed by atoms with Crippen molar-refractivity contribution in [1.29, 1.82) is 0 Å². The highest BCUT2D eigenvalue weighted by Crippen LogP contribution is 2.14. The van der Waals surface area contributed by atoms with Crippen LogP contribution in [0.3, 0.4) is 0 Å². The second kappa shape index (κ2) is 7.07. The smallest absolute Gasteiger partial charge is 0.238 e. The van der Waals surface area contributed by atoms with Crippen LogP contribution >= 0.6 is 11.6 Å². The lowest BCUT2D eigenvalue weighted by Gasteiger charge is -2.06. The van der Waals surface area contributed by atoms with E-state index < -0.39 is 0 Å². The summed E-state index contributed by atoms with van der Waals surface area (Å²) in [5.74, 6) is -0.0848. The van der Waals surface area contributed by atoms with E-state index in [2.05, 4.69) is 15.7 Å². The second-order valence-electron chi connectivity index (χ2n) is 4.51. The van der Waals surface area contributed by atoms with Crippen molar-refractivity contribution in [3.05, 3.63) is 47.2 Å². The maximum Gasteiger partial charge on any atom is 0.238 e. The van der Waals surface area contributed by atoms with Gasteiger partial charge in [-0.05, 0) is 36.7 Å². The number of rotatable bonds is 6. The fourth-order valence-electron chi connectivity index (χ4n) is 1.81. The van der Waals surface area contributed by atoms with E-state index in [1.807, 2.05) is 19.4 Å². The molecule has 1 heterocycles. The lowest BCUT2D eigenvalue weighted by Crippen LogP contribution is -2.29. The quantitative estimate of drug-likeness (QED) is 0.799. The molecule has 0 saturated heterocycles. The third kappa shape index (κ3) is 4.68. The van der Waals surface area contributed by atoms with E-state index in [1.165, 1.54) is 0 Å². The highest BCUT2D eigenvalue weighted by molar-refractivity contribution is 6.30. The third-order valence-corrected chi connectivity index (χ3v) is 2.98. The van der Waals surface area contributed by atoms with Crippen LogP contribution in [0.15, 0.2) is 36.7 Å². The van der Waals surface area contributed by atoms with Gasteiger partial charge in [-0.2, -0.15) is 5.10 Å².